The second-order valence-electron chi connectivity index (χ2n) is 5.97. The highest BCUT2D eigenvalue weighted by Crippen LogP contribution is 2.13. The van der Waals surface area contributed by atoms with Crippen molar-refractivity contribution >= 4 is 24.2 Å². The molecule has 0 aromatic heterocycles. The van der Waals surface area contributed by atoms with Crippen LogP contribution in [0.3, 0.4) is 0 Å². The Balaban J connectivity index is 0.00000324. The van der Waals surface area contributed by atoms with E-state index in [1.807, 2.05) is 20.8 Å². The Hall–Kier alpha value is -0.810. The van der Waals surface area contributed by atoms with Gasteiger partial charge in [-0.15, -0.1) is 12.4 Å². The van der Waals surface area contributed by atoms with Gasteiger partial charge in [0.05, 0.1) is 6.54 Å². The fraction of sp³-hybridized carbons (Fsp3) is 0.846. The molecule has 112 valence electrons. The predicted molar refractivity (Wildman–Crippen MR) is 78.4 cm³/mol. The standard InChI is InChI=1S/C13H25N3O2.ClH/c1-13(2,3)16-12(18)9-15-11(17)5-4-10-6-7-14-8-10;/h10,14H,4-9H2,1-3H3,(H,15,17)(H,16,18);1H. The summed E-state index contributed by atoms with van der Waals surface area (Å²) in [5, 5.41) is 8.74. The monoisotopic (exact) mass is 291 g/mol. The molecule has 0 aromatic rings. The zero-order valence-electron chi connectivity index (χ0n) is 12.0. The molecule has 0 aliphatic carbocycles. The first-order valence-electron chi connectivity index (χ1n) is 6.65. The van der Waals surface area contributed by atoms with Crippen molar-refractivity contribution in [2.45, 2.75) is 45.6 Å². The van der Waals surface area contributed by atoms with Crippen molar-refractivity contribution in [3.63, 3.8) is 0 Å². The van der Waals surface area contributed by atoms with Crippen molar-refractivity contribution in [2.24, 2.45) is 5.92 Å². The minimum Gasteiger partial charge on any atom is -0.350 e. The fourth-order valence-corrected chi connectivity index (χ4v) is 2.03. The molecule has 0 spiro atoms. The van der Waals surface area contributed by atoms with E-state index in [0.29, 0.717) is 12.3 Å². The summed E-state index contributed by atoms with van der Waals surface area (Å²) in [6.07, 6.45) is 2.56. The average Bonchev–Trinajstić information content (AvgIpc) is 2.74. The van der Waals surface area contributed by atoms with E-state index in [2.05, 4.69) is 16.0 Å². The van der Waals surface area contributed by atoms with E-state index in [0.717, 1.165) is 25.9 Å². The lowest BCUT2D eigenvalue weighted by atomic mass is 10.0. The first-order valence-corrected chi connectivity index (χ1v) is 6.65. The van der Waals surface area contributed by atoms with E-state index in [4.69, 9.17) is 0 Å². The van der Waals surface area contributed by atoms with E-state index in [-0.39, 0.29) is 36.3 Å². The Labute approximate surface area is 121 Å². The lowest BCUT2D eigenvalue weighted by molar-refractivity contribution is -0.127. The van der Waals surface area contributed by atoms with Crippen LogP contribution in [-0.2, 0) is 9.59 Å². The average molecular weight is 292 g/mol. The van der Waals surface area contributed by atoms with Crippen molar-refractivity contribution in [1.29, 1.82) is 0 Å². The Kier molecular flexibility index (Phi) is 8.02. The van der Waals surface area contributed by atoms with Gasteiger partial charge in [0.2, 0.25) is 11.8 Å². The SMILES string of the molecule is CC(C)(C)NC(=O)CNC(=O)CCC1CCNC1.Cl. The number of hydrogen-bond donors (Lipinski definition) is 3. The van der Waals surface area contributed by atoms with E-state index < -0.39 is 0 Å². The number of rotatable bonds is 5. The van der Waals surface area contributed by atoms with Crippen molar-refractivity contribution in [2.75, 3.05) is 19.6 Å². The maximum atomic E-state index is 11.6. The van der Waals surface area contributed by atoms with Crippen molar-refractivity contribution < 1.29 is 9.59 Å². The van der Waals surface area contributed by atoms with E-state index in [9.17, 15) is 9.59 Å². The Morgan fingerprint density at radius 3 is 2.47 bits per heavy atom. The van der Waals surface area contributed by atoms with Crippen LogP contribution in [0.25, 0.3) is 0 Å². The molecule has 1 heterocycles. The van der Waals surface area contributed by atoms with Crippen molar-refractivity contribution in [3.8, 4) is 0 Å². The quantitative estimate of drug-likeness (QED) is 0.703. The number of hydrogen-bond acceptors (Lipinski definition) is 3. The van der Waals surface area contributed by atoms with Gasteiger partial charge in [0.15, 0.2) is 0 Å². The molecule has 1 rings (SSSR count). The molecule has 19 heavy (non-hydrogen) atoms. The number of carbonyl (C=O) groups excluding carboxylic acids is 2. The maximum Gasteiger partial charge on any atom is 0.239 e. The van der Waals surface area contributed by atoms with Crippen LogP contribution in [0.2, 0.25) is 0 Å². The van der Waals surface area contributed by atoms with Gasteiger partial charge in [-0.2, -0.15) is 0 Å². The highest BCUT2D eigenvalue weighted by molar-refractivity contribution is 5.85. The Morgan fingerprint density at radius 2 is 1.95 bits per heavy atom. The largest absolute Gasteiger partial charge is 0.350 e. The molecule has 1 atom stereocenters. The number of carbonyl (C=O) groups is 2. The van der Waals surface area contributed by atoms with Gasteiger partial charge < -0.3 is 16.0 Å². The normalized spacial score (nSPS) is 18.6. The van der Waals surface area contributed by atoms with Gasteiger partial charge in [-0.25, -0.2) is 0 Å². The van der Waals surface area contributed by atoms with Gasteiger partial charge in [0.1, 0.15) is 0 Å². The zero-order valence-corrected chi connectivity index (χ0v) is 12.9. The number of amides is 2. The summed E-state index contributed by atoms with van der Waals surface area (Å²) in [4.78, 5) is 23.0. The number of nitrogens with one attached hydrogen (secondary N) is 3. The summed E-state index contributed by atoms with van der Waals surface area (Å²) >= 11 is 0. The van der Waals surface area contributed by atoms with Crippen LogP contribution in [0.4, 0.5) is 0 Å². The third kappa shape index (κ3) is 8.83. The molecule has 1 fully saturated rings. The van der Waals surface area contributed by atoms with E-state index in [1.54, 1.807) is 0 Å². The Bertz CT molecular complexity index is 297. The van der Waals surface area contributed by atoms with Gasteiger partial charge in [0.25, 0.3) is 0 Å². The second kappa shape index (κ2) is 8.38. The molecular weight excluding hydrogens is 266 g/mol. The van der Waals surface area contributed by atoms with Crippen molar-refractivity contribution in [3.05, 3.63) is 0 Å². The summed E-state index contributed by atoms with van der Waals surface area (Å²) < 4.78 is 0. The summed E-state index contributed by atoms with van der Waals surface area (Å²) in [6, 6.07) is 0. The first kappa shape index (κ1) is 18.2. The third-order valence-corrected chi connectivity index (χ3v) is 2.90. The lowest BCUT2D eigenvalue weighted by Gasteiger charge is -2.20. The molecule has 1 aliphatic rings. The molecular formula is C13H26ClN3O2. The van der Waals surface area contributed by atoms with Crippen LogP contribution in [0.1, 0.15) is 40.0 Å². The number of halogens is 1. The van der Waals surface area contributed by atoms with Gasteiger partial charge >= 0.3 is 0 Å². The van der Waals surface area contributed by atoms with Crippen LogP contribution in [0, 0.1) is 5.92 Å². The van der Waals surface area contributed by atoms with E-state index in [1.165, 1.54) is 0 Å². The van der Waals surface area contributed by atoms with Crippen LogP contribution < -0.4 is 16.0 Å². The van der Waals surface area contributed by atoms with Gasteiger partial charge in [-0.3, -0.25) is 9.59 Å². The molecule has 1 aliphatic heterocycles. The fourth-order valence-electron chi connectivity index (χ4n) is 2.03. The molecule has 1 saturated heterocycles. The minimum absolute atomic E-state index is 0. The lowest BCUT2D eigenvalue weighted by Crippen LogP contribution is -2.45. The highest BCUT2D eigenvalue weighted by Gasteiger charge is 2.17. The van der Waals surface area contributed by atoms with Crippen molar-refractivity contribution in [1.82, 2.24) is 16.0 Å². The predicted octanol–water partition coefficient (Wildman–Crippen LogP) is 0.829. The molecule has 1 unspecified atom stereocenters. The highest BCUT2D eigenvalue weighted by atomic mass is 35.5. The summed E-state index contributed by atoms with van der Waals surface area (Å²) in [5.41, 5.74) is -0.253. The first-order chi connectivity index (χ1) is 8.37. The second-order valence-corrected chi connectivity index (χ2v) is 5.97. The third-order valence-electron chi connectivity index (χ3n) is 2.90. The van der Waals surface area contributed by atoms with Gasteiger partial charge in [0, 0.05) is 12.0 Å². The van der Waals surface area contributed by atoms with Gasteiger partial charge in [-0.1, -0.05) is 0 Å². The van der Waals surface area contributed by atoms with Crippen LogP contribution in [0.15, 0.2) is 0 Å². The zero-order chi connectivity index (χ0) is 13.6. The van der Waals surface area contributed by atoms with Gasteiger partial charge in [-0.05, 0) is 52.6 Å². The molecule has 6 heteroatoms. The summed E-state index contributed by atoms with van der Waals surface area (Å²) in [5.74, 6) is 0.434. The van der Waals surface area contributed by atoms with Crippen LogP contribution in [0.5, 0.6) is 0 Å². The minimum atomic E-state index is -0.253. The molecule has 3 N–H and O–H groups in total. The van der Waals surface area contributed by atoms with E-state index >= 15 is 0 Å². The molecule has 0 radical (unpaired) electrons. The molecule has 5 nitrogen and oxygen atoms in total. The summed E-state index contributed by atoms with van der Waals surface area (Å²) in [6.45, 7) is 7.89. The molecule has 2 amide bonds. The molecule has 0 aromatic carbocycles. The van der Waals surface area contributed by atoms with Crippen LogP contribution in [-0.4, -0.2) is 37.0 Å². The van der Waals surface area contributed by atoms with Crippen LogP contribution >= 0.6 is 12.4 Å². The topological polar surface area (TPSA) is 70.2 Å². The summed E-state index contributed by atoms with van der Waals surface area (Å²) in [7, 11) is 0. The Morgan fingerprint density at radius 1 is 1.26 bits per heavy atom. The smallest absolute Gasteiger partial charge is 0.239 e. The molecule has 0 bridgehead atoms. The molecule has 0 saturated carbocycles. The maximum absolute atomic E-state index is 11.6.